The number of amides is 2. The minimum absolute atomic E-state index is 0.0669. The van der Waals surface area contributed by atoms with E-state index in [9.17, 15) is 14.0 Å². The minimum atomic E-state index is -1.81. The highest BCUT2D eigenvalue weighted by Crippen LogP contribution is 2.29. The number of rotatable bonds is 2. The van der Waals surface area contributed by atoms with Gasteiger partial charge in [-0.15, -0.1) is 0 Å². The maximum absolute atomic E-state index is 13.7. The van der Waals surface area contributed by atoms with E-state index in [0.29, 0.717) is 0 Å². The fourth-order valence-corrected chi connectivity index (χ4v) is 1.77. The average molecular weight is 235 g/mol. The normalized spacial score (nSPS) is 22.8. The Morgan fingerprint density at radius 2 is 2.06 bits per heavy atom. The summed E-state index contributed by atoms with van der Waals surface area (Å²) in [6, 6.07) is 5.53. The van der Waals surface area contributed by atoms with E-state index in [0.717, 1.165) is 0 Å². The zero-order chi connectivity index (χ0) is 12.5. The third-order valence-corrected chi connectivity index (χ3v) is 2.65. The van der Waals surface area contributed by atoms with Gasteiger partial charge in [0.1, 0.15) is 5.82 Å². The van der Waals surface area contributed by atoms with Gasteiger partial charge in [0.15, 0.2) is 5.41 Å². The third-order valence-electron chi connectivity index (χ3n) is 2.65. The van der Waals surface area contributed by atoms with Gasteiger partial charge in [-0.2, -0.15) is 0 Å². The number of primary amides is 1. The molecular weight excluding hydrogens is 225 g/mol. The van der Waals surface area contributed by atoms with Crippen molar-refractivity contribution in [2.45, 2.75) is 5.41 Å². The summed E-state index contributed by atoms with van der Waals surface area (Å²) in [7, 11) is 0. The van der Waals surface area contributed by atoms with Gasteiger partial charge in [-0.25, -0.2) is 4.39 Å². The molecule has 0 bridgehead atoms. The second-order valence-electron chi connectivity index (χ2n) is 3.58. The van der Waals surface area contributed by atoms with Crippen molar-refractivity contribution < 1.29 is 14.0 Å². The van der Waals surface area contributed by atoms with Crippen LogP contribution in [0.3, 0.4) is 0 Å². The molecule has 4 N–H and O–H groups in total. The highest BCUT2D eigenvalue weighted by molar-refractivity contribution is 6.12. The standard InChI is InChI=1S/C11H10FN3O2/c12-8-4-2-1-3-7(8)11(9(13)16)5-6-14-15-10(11)17/h1-6,14H,(H2,13,16)(H,15,17). The Balaban J connectivity index is 2.68. The predicted molar refractivity (Wildman–Crippen MR) is 57.7 cm³/mol. The van der Waals surface area contributed by atoms with Crippen molar-refractivity contribution in [2.75, 3.05) is 0 Å². The molecule has 5 nitrogen and oxygen atoms in total. The fraction of sp³-hybridized carbons (Fsp3) is 0.0909. The third kappa shape index (κ3) is 1.54. The zero-order valence-corrected chi connectivity index (χ0v) is 8.74. The first-order valence-corrected chi connectivity index (χ1v) is 4.87. The molecule has 88 valence electrons. The molecule has 0 radical (unpaired) electrons. The average Bonchev–Trinajstić information content (AvgIpc) is 2.30. The van der Waals surface area contributed by atoms with Gasteiger partial charge in [-0.3, -0.25) is 15.0 Å². The molecule has 1 heterocycles. The molecule has 1 unspecified atom stereocenters. The van der Waals surface area contributed by atoms with Gasteiger partial charge in [-0.1, -0.05) is 18.2 Å². The molecule has 2 rings (SSSR count). The van der Waals surface area contributed by atoms with Gasteiger partial charge >= 0.3 is 0 Å². The second kappa shape index (κ2) is 3.89. The Morgan fingerprint density at radius 1 is 1.35 bits per heavy atom. The molecule has 0 aromatic heterocycles. The lowest BCUT2D eigenvalue weighted by Crippen LogP contribution is -2.57. The van der Waals surface area contributed by atoms with E-state index in [2.05, 4.69) is 10.9 Å². The quantitative estimate of drug-likeness (QED) is 0.615. The number of hydrazine groups is 1. The monoisotopic (exact) mass is 235 g/mol. The molecule has 1 atom stereocenters. The summed E-state index contributed by atoms with van der Waals surface area (Å²) in [5.74, 6) is -2.30. The predicted octanol–water partition coefficient (Wildman–Crippen LogP) is -0.303. The van der Waals surface area contributed by atoms with Gasteiger partial charge < -0.3 is 11.2 Å². The summed E-state index contributed by atoms with van der Waals surface area (Å²) in [6.07, 6.45) is 2.57. The molecule has 1 aliphatic heterocycles. The molecule has 1 aromatic rings. The first-order valence-electron chi connectivity index (χ1n) is 4.87. The van der Waals surface area contributed by atoms with Crippen molar-refractivity contribution in [2.24, 2.45) is 5.73 Å². The molecule has 0 aliphatic carbocycles. The Bertz CT molecular complexity index is 515. The van der Waals surface area contributed by atoms with Gasteiger partial charge in [-0.05, 0) is 12.1 Å². The van der Waals surface area contributed by atoms with Crippen molar-refractivity contribution in [1.82, 2.24) is 10.9 Å². The fourth-order valence-electron chi connectivity index (χ4n) is 1.77. The van der Waals surface area contributed by atoms with E-state index in [1.54, 1.807) is 0 Å². The molecule has 1 aliphatic rings. The first kappa shape index (κ1) is 11.1. The SMILES string of the molecule is NC(=O)C1(c2ccccc2F)C=CNNC1=O. The van der Waals surface area contributed by atoms with Crippen LogP contribution in [0.5, 0.6) is 0 Å². The minimum Gasteiger partial charge on any atom is -0.368 e. The van der Waals surface area contributed by atoms with Crippen molar-refractivity contribution in [3.63, 3.8) is 0 Å². The summed E-state index contributed by atoms with van der Waals surface area (Å²) in [5.41, 5.74) is 8.03. The van der Waals surface area contributed by atoms with Gasteiger partial charge in [0.05, 0.1) is 0 Å². The lowest BCUT2D eigenvalue weighted by molar-refractivity contribution is -0.134. The summed E-state index contributed by atoms with van der Waals surface area (Å²) in [6.45, 7) is 0. The van der Waals surface area contributed by atoms with Crippen LogP contribution >= 0.6 is 0 Å². The first-order chi connectivity index (χ1) is 8.09. The zero-order valence-electron chi connectivity index (χ0n) is 8.74. The van der Waals surface area contributed by atoms with Gasteiger partial charge in [0.2, 0.25) is 5.91 Å². The van der Waals surface area contributed by atoms with Crippen molar-refractivity contribution in [3.8, 4) is 0 Å². The molecule has 0 spiro atoms. The van der Waals surface area contributed by atoms with Crippen LogP contribution in [0, 0.1) is 5.82 Å². The van der Waals surface area contributed by atoms with Crippen LogP contribution in [-0.4, -0.2) is 11.8 Å². The molecule has 6 heteroatoms. The van der Waals surface area contributed by atoms with Crippen LogP contribution in [0.15, 0.2) is 36.5 Å². The molecular formula is C11H10FN3O2. The number of benzene rings is 1. The maximum Gasteiger partial charge on any atom is 0.262 e. The lowest BCUT2D eigenvalue weighted by atomic mass is 9.78. The van der Waals surface area contributed by atoms with Gasteiger partial charge in [0, 0.05) is 11.8 Å². The molecule has 0 saturated carbocycles. The van der Waals surface area contributed by atoms with E-state index in [-0.39, 0.29) is 5.56 Å². The number of hydrogen-bond acceptors (Lipinski definition) is 3. The van der Waals surface area contributed by atoms with E-state index >= 15 is 0 Å². The van der Waals surface area contributed by atoms with Crippen LogP contribution in [0.4, 0.5) is 4.39 Å². The summed E-state index contributed by atoms with van der Waals surface area (Å²) in [5, 5.41) is 0. The molecule has 0 saturated heterocycles. The molecule has 0 fully saturated rings. The van der Waals surface area contributed by atoms with E-state index in [1.807, 2.05) is 0 Å². The number of halogens is 1. The highest BCUT2D eigenvalue weighted by Gasteiger charge is 2.47. The van der Waals surface area contributed by atoms with Gasteiger partial charge in [0.25, 0.3) is 5.91 Å². The van der Waals surface area contributed by atoms with Crippen LogP contribution in [0.25, 0.3) is 0 Å². The summed E-state index contributed by atoms with van der Waals surface area (Å²) >= 11 is 0. The molecule has 17 heavy (non-hydrogen) atoms. The topological polar surface area (TPSA) is 84.2 Å². The second-order valence-corrected chi connectivity index (χ2v) is 3.58. The number of nitrogens with one attached hydrogen (secondary N) is 2. The Kier molecular flexibility index (Phi) is 2.55. The smallest absolute Gasteiger partial charge is 0.262 e. The van der Waals surface area contributed by atoms with E-state index in [1.165, 1.54) is 36.5 Å². The number of carbonyl (C=O) groups is 2. The van der Waals surface area contributed by atoms with Crippen LogP contribution in [-0.2, 0) is 15.0 Å². The molecule has 2 amide bonds. The Morgan fingerprint density at radius 3 is 2.65 bits per heavy atom. The van der Waals surface area contributed by atoms with Crippen molar-refractivity contribution in [1.29, 1.82) is 0 Å². The van der Waals surface area contributed by atoms with Crippen molar-refractivity contribution in [3.05, 3.63) is 47.9 Å². The highest BCUT2D eigenvalue weighted by atomic mass is 19.1. The lowest BCUT2D eigenvalue weighted by Gasteiger charge is -2.29. The number of hydrogen-bond donors (Lipinski definition) is 3. The Hall–Kier alpha value is -2.37. The van der Waals surface area contributed by atoms with Crippen LogP contribution in [0.1, 0.15) is 5.56 Å². The van der Waals surface area contributed by atoms with Crippen LogP contribution in [0.2, 0.25) is 0 Å². The largest absolute Gasteiger partial charge is 0.368 e. The van der Waals surface area contributed by atoms with Crippen LogP contribution < -0.4 is 16.6 Å². The van der Waals surface area contributed by atoms with E-state index in [4.69, 9.17) is 5.73 Å². The summed E-state index contributed by atoms with van der Waals surface area (Å²) < 4.78 is 13.7. The number of carbonyl (C=O) groups excluding carboxylic acids is 2. The summed E-state index contributed by atoms with van der Waals surface area (Å²) in [4.78, 5) is 23.4. The van der Waals surface area contributed by atoms with Crippen molar-refractivity contribution >= 4 is 11.8 Å². The van der Waals surface area contributed by atoms with E-state index < -0.39 is 23.0 Å². The Labute approximate surface area is 96.5 Å². The maximum atomic E-state index is 13.7. The number of nitrogens with two attached hydrogens (primary N) is 1. The molecule has 1 aromatic carbocycles.